The second-order valence-corrected chi connectivity index (χ2v) is 15.8. The van der Waals surface area contributed by atoms with E-state index < -0.39 is 0 Å². The number of carbonyl (C=O) groups is 3. The molecule has 0 aromatic heterocycles. The summed E-state index contributed by atoms with van der Waals surface area (Å²) in [5.74, 6) is -0.422. The Bertz CT molecular complexity index is 1350. The molecule has 0 saturated heterocycles. The fourth-order valence-electron chi connectivity index (χ4n) is 6.62. The van der Waals surface area contributed by atoms with Crippen molar-refractivity contribution in [3.8, 4) is 0 Å². The van der Waals surface area contributed by atoms with E-state index in [1.54, 1.807) is 0 Å². The lowest BCUT2D eigenvalue weighted by molar-refractivity contribution is -0.150. The summed E-state index contributed by atoms with van der Waals surface area (Å²) in [6, 6.07) is 19.5. The zero-order valence-corrected chi connectivity index (χ0v) is 36.8. The third kappa shape index (κ3) is 32.3. The molecule has 0 fully saturated rings. The van der Waals surface area contributed by atoms with E-state index in [2.05, 4.69) is 43.3 Å². The van der Waals surface area contributed by atoms with Gasteiger partial charge in [-0.25, -0.2) is 0 Å². The third-order valence-electron chi connectivity index (χ3n) is 10.1. The van der Waals surface area contributed by atoms with Gasteiger partial charge in [0.05, 0.1) is 12.8 Å². The van der Waals surface area contributed by atoms with Crippen LogP contribution in [0.15, 0.2) is 109 Å². The van der Waals surface area contributed by atoms with E-state index in [4.69, 9.17) is 14.2 Å². The number of benzene rings is 2. The summed E-state index contributed by atoms with van der Waals surface area (Å²) in [6.07, 6.45) is 40.0. The smallest absolute Gasteiger partial charge is 0.309 e. The molecule has 0 bridgehead atoms. The van der Waals surface area contributed by atoms with Crippen molar-refractivity contribution in [2.45, 2.75) is 167 Å². The van der Waals surface area contributed by atoms with Gasteiger partial charge in [0.1, 0.15) is 19.3 Å². The molecule has 2 rings (SSSR count). The van der Waals surface area contributed by atoms with E-state index in [9.17, 15) is 14.4 Å². The van der Waals surface area contributed by atoms with Gasteiger partial charge >= 0.3 is 17.9 Å². The van der Waals surface area contributed by atoms with Crippen LogP contribution < -0.4 is 0 Å². The van der Waals surface area contributed by atoms with Crippen LogP contribution in [0.2, 0.25) is 0 Å². The largest absolute Gasteiger partial charge is 0.462 e. The van der Waals surface area contributed by atoms with Crippen LogP contribution in [0.3, 0.4) is 0 Å². The van der Waals surface area contributed by atoms with Crippen LogP contribution in [0.4, 0.5) is 0 Å². The molecule has 0 unspecified atom stereocenters. The van der Waals surface area contributed by atoms with Gasteiger partial charge in [-0.05, 0) is 109 Å². The van der Waals surface area contributed by atoms with Gasteiger partial charge in [0, 0.05) is 6.42 Å². The van der Waals surface area contributed by atoms with Crippen LogP contribution in [0.1, 0.15) is 159 Å². The number of hydrogen-bond donors (Lipinski definition) is 0. The van der Waals surface area contributed by atoms with Crippen molar-refractivity contribution in [1.82, 2.24) is 4.90 Å². The fraction of sp³-hybridized carbons (Fsp3) is 0.558. The molecule has 0 heterocycles. The first-order chi connectivity index (χ1) is 28.9. The van der Waals surface area contributed by atoms with Crippen LogP contribution in [0.5, 0.6) is 0 Å². The Morgan fingerprint density at radius 2 is 0.915 bits per heavy atom. The molecular weight excluding hydrogens is 735 g/mol. The molecule has 2 aromatic rings. The molecule has 0 spiro atoms. The Morgan fingerprint density at radius 3 is 1.37 bits per heavy atom. The lowest BCUT2D eigenvalue weighted by Crippen LogP contribution is -2.19. The summed E-state index contributed by atoms with van der Waals surface area (Å²) < 4.78 is 16.6. The Balaban J connectivity index is 1.49. The molecule has 0 aliphatic carbocycles. The number of unbranched alkanes of at least 4 members (excludes halogenated alkanes) is 13. The second-order valence-electron chi connectivity index (χ2n) is 15.8. The quantitative estimate of drug-likeness (QED) is 0.0293. The van der Waals surface area contributed by atoms with Gasteiger partial charge in [0.2, 0.25) is 0 Å². The maximum atomic E-state index is 12.7. The standard InChI is InChI=1S/C52H77NO6/c1-53(2)44-34-33-43-52(56)59-49(39-29-19-15-11-7-3-5-9-13-17-21-31-41-50(54)57-45-47-35-25-23-26-36-47)40-30-20-16-12-8-4-6-10-14-18-22-32-42-51(55)58-46-48-37-27-24-28-38-48/h9-10,13-14,21-28,31-32,35-38,49H,3-8,11-12,15-20,29-30,33-34,39-46H2,1-2H3/b13-9-,14-10-,31-21-,32-22-. The average Bonchev–Trinajstić information content (AvgIpc) is 3.24. The van der Waals surface area contributed by atoms with Gasteiger partial charge in [-0.15, -0.1) is 0 Å². The number of allylic oxidation sites excluding steroid dienone is 6. The number of nitrogens with zero attached hydrogens (tertiary/aromatic N) is 1. The molecular formula is C52H77NO6. The Labute approximate surface area is 358 Å². The first kappa shape index (κ1) is 50.9. The minimum absolute atomic E-state index is 0.0245. The van der Waals surface area contributed by atoms with Gasteiger partial charge in [0.25, 0.3) is 0 Å². The molecule has 2 aromatic carbocycles. The first-order valence-electron chi connectivity index (χ1n) is 22.8. The van der Waals surface area contributed by atoms with Crippen LogP contribution in [-0.4, -0.2) is 49.6 Å². The van der Waals surface area contributed by atoms with Crippen molar-refractivity contribution >= 4 is 17.9 Å². The molecule has 7 heteroatoms. The maximum Gasteiger partial charge on any atom is 0.309 e. The Hall–Kier alpha value is -4.23. The molecule has 0 aliphatic heterocycles. The summed E-state index contributed by atoms with van der Waals surface area (Å²) in [5, 5.41) is 0. The van der Waals surface area contributed by atoms with E-state index in [0.717, 1.165) is 81.9 Å². The zero-order chi connectivity index (χ0) is 42.3. The zero-order valence-electron chi connectivity index (χ0n) is 36.8. The summed E-state index contributed by atoms with van der Waals surface area (Å²) in [6.45, 7) is 1.65. The van der Waals surface area contributed by atoms with Crippen LogP contribution in [0.25, 0.3) is 0 Å². The SMILES string of the molecule is CN(C)CCCCC(=O)OC(CCCCCCCC/C=C\C/C=C\CC(=O)OCc1ccccc1)CCCCCCCC/C=C\C/C=C\CC(=O)OCc1ccccc1. The molecule has 0 radical (unpaired) electrons. The van der Waals surface area contributed by atoms with E-state index in [-0.39, 0.29) is 24.0 Å². The van der Waals surface area contributed by atoms with Gasteiger partial charge in [0.15, 0.2) is 0 Å². The highest BCUT2D eigenvalue weighted by Gasteiger charge is 2.14. The van der Waals surface area contributed by atoms with Crippen molar-refractivity contribution in [3.05, 3.63) is 120 Å². The van der Waals surface area contributed by atoms with Crippen molar-refractivity contribution in [2.24, 2.45) is 0 Å². The molecule has 0 saturated carbocycles. The second kappa shape index (κ2) is 36.8. The fourth-order valence-corrected chi connectivity index (χ4v) is 6.62. The molecule has 59 heavy (non-hydrogen) atoms. The van der Waals surface area contributed by atoms with Crippen molar-refractivity contribution < 1.29 is 28.6 Å². The Morgan fingerprint density at radius 1 is 0.492 bits per heavy atom. The summed E-state index contributed by atoms with van der Waals surface area (Å²) in [5.41, 5.74) is 2.00. The molecule has 0 amide bonds. The summed E-state index contributed by atoms with van der Waals surface area (Å²) in [7, 11) is 4.14. The minimum atomic E-state index is -0.199. The van der Waals surface area contributed by atoms with Crippen molar-refractivity contribution in [2.75, 3.05) is 20.6 Å². The van der Waals surface area contributed by atoms with Crippen molar-refractivity contribution in [3.63, 3.8) is 0 Å². The Kier molecular flexibility index (Phi) is 31.8. The number of ether oxygens (including phenoxy) is 3. The minimum Gasteiger partial charge on any atom is -0.462 e. The van der Waals surface area contributed by atoms with Crippen LogP contribution in [0, 0.1) is 0 Å². The van der Waals surface area contributed by atoms with Gasteiger partial charge < -0.3 is 19.1 Å². The lowest BCUT2D eigenvalue weighted by Gasteiger charge is -2.18. The topological polar surface area (TPSA) is 82.1 Å². The van der Waals surface area contributed by atoms with Crippen molar-refractivity contribution in [1.29, 1.82) is 0 Å². The highest BCUT2D eigenvalue weighted by atomic mass is 16.5. The highest BCUT2D eigenvalue weighted by molar-refractivity contribution is 5.71. The molecule has 7 nitrogen and oxygen atoms in total. The monoisotopic (exact) mass is 812 g/mol. The van der Waals surface area contributed by atoms with Gasteiger partial charge in [-0.2, -0.15) is 0 Å². The number of rotatable bonds is 36. The van der Waals surface area contributed by atoms with E-state index in [1.807, 2.05) is 85.0 Å². The predicted octanol–water partition coefficient (Wildman–Crippen LogP) is 13.1. The van der Waals surface area contributed by atoms with E-state index in [1.165, 1.54) is 64.2 Å². The van der Waals surface area contributed by atoms with Crippen LogP contribution >= 0.6 is 0 Å². The molecule has 0 N–H and O–H groups in total. The maximum absolute atomic E-state index is 12.7. The number of carbonyl (C=O) groups excluding carboxylic acids is 3. The molecule has 0 atom stereocenters. The van der Waals surface area contributed by atoms with Gasteiger partial charge in [-0.1, -0.05) is 161 Å². The summed E-state index contributed by atoms with van der Waals surface area (Å²) in [4.78, 5) is 38.6. The van der Waals surface area contributed by atoms with Gasteiger partial charge in [-0.3, -0.25) is 14.4 Å². The predicted molar refractivity (Wildman–Crippen MR) is 244 cm³/mol. The van der Waals surface area contributed by atoms with Crippen LogP contribution in [-0.2, 0) is 41.8 Å². The first-order valence-corrected chi connectivity index (χ1v) is 22.8. The molecule has 326 valence electrons. The number of esters is 3. The normalized spacial score (nSPS) is 11.9. The number of hydrogen-bond acceptors (Lipinski definition) is 7. The highest BCUT2D eigenvalue weighted by Crippen LogP contribution is 2.18. The van der Waals surface area contributed by atoms with E-state index >= 15 is 0 Å². The summed E-state index contributed by atoms with van der Waals surface area (Å²) >= 11 is 0. The average molecular weight is 812 g/mol. The van der Waals surface area contributed by atoms with E-state index in [0.29, 0.717) is 32.5 Å². The third-order valence-corrected chi connectivity index (χ3v) is 10.1. The molecule has 0 aliphatic rings. The lowest BCUT2D eigenvalue weighted by atomic mass is 10.0.